The van der Waals surface area contributed by atoms with Crippen LogP contribution in [0.1, 0.15) is 33.1 Å². The lowest BCUT2D eigenvalue weighted by Gasteiger charge is -2.26. The number of piperidine rings is 1. The zero-order valence-electron chi connectivity index (χ0n) is 14.2. The van der Waals surface area contributed by atoms with Crippen molar-refractivity contribution >= 4 is 46.0 Å². The minimum Gasteiger partial charge on any atom is -0.354 e. The molecule has 1 atom stereocenters. The number of carbonyl (C=O) groups excluding carboxylic acids is 1. The lowest BCUT2D eigenvalue weighted by atomic mass is 9.92. The Kier molecular flexibility index (Phi) is 6.68. The molecule has 1 aromatic rings. The first-order chi connectivity index (χ1) is 10.9. The molecule has 1 aliphatic heterocycles. The van der Waals surface area contributed by atoms with Crippen molar-refractivity contribution in [2.45, 2.75) is 42.8 Å². The van der Waals surface area contributed by atoms with Gasteiger partial charge in [-0.15, -0.1) is 24.2 Å². The standard InChI is InChI=1S/C18H25BrN2OS.ClH/c1-17(2,23-14-5-3-13(19)4-6-14)12-21-16(22)15-11-18(15)7-9-20-10-8-18;/h3-6,15,20H,7-12H2,1-2H3,(H,21,22);1H. The lowest BCUT2D eigenvalue weighted by molar-refractivity contribution is -0.123. The predicted octanol–water partition coefficient (Wildman–Crippen LogP) is 4.25. The van der Waals surface area contributed by atoms with E-state index in [1.165, 1.54) is 4.90 Å². The third-order valence-corrected chi connectivity index (χ3v) is 6.74. The monoisotopic (exact) mass is 432 g/mol. The van der Waals surface area contributed by atoms with E-state index in [1.54, 1.807) is 0 Å². The van der Waals surface area contributed by atoms with Gasteiger partial charge in [0, 0.05) is 26.6 Å². The smallest absolute Gasteiger partial charge is 0.223 e. The van der Waals surface area contributed by atoms with E-state index >= 15 is 0 Å². The molecule has 2 fully saturated rings. The van der Waals surface area contributed by atoms with E-state index in [4.69, 9.17) is 0 Å². The molecular weight excluding hydrogens is 408 g/mol. The molecule has 1 saturated heterocycles. The third kappa shape index (κ3) is 4.90. The van der Waals surface area contributed by atoms with Crippen LogP contribution in [0.15, 0.2) is 33.6 Å². The van der Waals surface area contributed by atoms with E-state index in [9.17, 15) is 4.79 Å². The minimum absolute atomic E-state index is 0. The number of thioether (sulfide) groups is 1. The van der Waals surface area contributed by atoms with Gasteiger partial charge in [-0.25, -0.2) is 0 Å². The zero-order chi connectivity index (χ0) is 16.5. The Balaban J connectivity index is 0.00000208. The summed E-state index contributed by atoms with van der Waals surface area (Å²) in [4.78, 5) is 13.7. The predicted molar refractivity (Wildman–Crippen MR) is 107 cm³/mol. The van der Waals surface area contributed by atoms with Gasteiger partial charge in [0.1, 0.15) is 0 Å². The van der Waals surface area contributed by atoms with Crippen LogP contribution < -0.4 is 10.6 Å². The van der Waals surface area contributed by atoms with E-state index in [1.807, 2.05) is 11.8 Å². The van der Waals surface area contributed by atoms with Crippen molar-refractivity contribution in [1.29, 1.82) is 0 Å². The molecule has 3 rings (SSSR count). The average molecular weight is 434 g/mol. The number of halogens is 2. The number of benzene rings is 1. The summed E-state index contributed by atoms with van der Waals surface area (Å²) < 4.78 is 1.08. The van der Waals surface area contributed by atoms with E-state index in [-0.39, 0.29) is 29.0 Å². The van der Waals surface area contributed by atoms with Crippen LogP contribution in [0.25, 0.3) is 0 Å². The number of hydrogen-bond donors (Lipinski definition) is 2. The van der Waals surface area contributed by atoms with E-state index < -0.39 is 0 Å². The number of rotatable bonds is 5. The van der Waals surface area contributed by atoms with Gasteiger partial charge < -0.3 is 10.6 Å². The van der Waals surface area contributed by atoms with Crippen LogP contribution in [-0.4, -0.2) is 30.3 Å². The van der Waals surface area contributed by atoms with Gasteiger partial charge in [-0.1, -0.05) is 15.9 Å². The summed E-state index contributed by atoms with van der Waals surface area (Å²) >= 11 is 5.27. The lowest BCUT2D eigenvalue weighted by Crippen LogP contribution is -2.39. The average Bonchev–Trinajstić information content (AvgIpc) is 3.21. The number of carbonyl (C=O) groups is 1. The summed E-state index contributed by atoms with van der Waals surface area (Å²) in [6.45, 7) is 7.21. The molecule has 1 aliphatic carbocycles. The zero-order valence-corrected chi connectivity index (χ0v) is 17.5. The highest BCUT2D eigenvalue weighted by atomic mass is 79.9. The van der Waals surface area contributed by atoms with Crippen LogP contribution >= 0.6 is 40.1 Å². The molecule has 134 valence electrons. The van der Waals surface area contributed by atoms with Crippen LogP contribution in [0.4, 0.5) is 0 Å². The van der Waals surface area contributed by atoms with E-state index in [2.05, 4.69) is 64.7 Å². The Hall–Kier alpha value is -0.230. The summed E-state index contributed by atoms with van der Waals surface area (Å²) in [5.41, 5.74) is 0.318. The van der Waals surface area contributed by atoms with Crippen LogP contribution in [-0.2, 0) is 4.79 Å². The van der Waals surface area contributed by atoms with Crippen LogP contribution in [0.5, 0.6) is 0 Å². The van der Waals surface area contributed by atoms with Gasteiger partial charge >= 0.3 is 0 Å². The van der Waals surface area contributed by atoms with Crippen molar-refractivity contribution < 1.29 is 4.79 Å². The first-order valence-corrected chi connectivity index (χ1v) is 9.94. The minimum atomic E-state index is -0.0142. The molecule has 1 unspecified atom stereocenters. The molecule has 3 nitrogen and oxygen atoms in total. The Morgan fingerprint density at radius 3 is 2.58 bits per heavy atom. The molecule has 1 spiro atoms. The second-order valence-corrected chi connectivity index (χ2v) is 10.1. The molecule has 1 heterocycles. The normalized spacial score (nSPS) is 21.9. The highest BCUT2D eigenvalue weighted by Crippen LogP contribution is 2.58. The molecular formula is C18H26BrClN2OS. The fourth-order valence-electron chi connectivity index (χ4n) is 3.48. The number of hydrogen-bond acceptors (Lipinski definition) is 3. The summed E-state index contributed by atoms with van der Waals surface area (Å²) in [6.07, 6.45) is 3.39. The highest BCUT2D eigenvalue weighted by molar-refractivity contribution is 9.10. The number of amides is 1. The Bertz CT molecular complexity index is 573. The maximum absolute atomic E-state index is 12.5. The fraction of sp³-hybridized carbons (Fsp3) is 0.611. The molecule has 24 heavy (non-hydrogen) atoms. The molecule has 0 radical (unpaired) electrons. The molecule has 0 aromatic heterocycles. The molecule has 6 heteroatoms. The third-order valence-electron chi connectivity index (χ3n) is 5.00. The molecule has 2 aliphatic rings. The van der Waals surface area contributed by atoms with Crippen molar-refractivity contribution in [3.05, 3.63) is 28.7 Å². The van der Waals surface area contributed by atoms with Crippen molar-refractivity contribution in [3.8, 4) is 0 Å². The van der Waals surface area contributed by atoms with Gasteiger partial charge in [0.05, 0.1) is 0 Å². The largest absolute Gasteiger partial charge is 0.354 e. The molecule has 0 bridgehead atoms. The quantitative estimate of drug-likeness (QED) is 0.682. The molecule has 1 aromatic carbocycles. The van der Waals surface area contributed by atoms with Crippen LogP contribution in [0.3, 0.4) is 0 Å². The summed E-state index contributed by atoms with van der Waals surface area (Å²) in [6, 6.07) is 8.34. The summed E-state index contributed by atoms with van der Waals surface area (Å²) in [5, 5.41) is 6.59. The van der Waals surface area contributed by atoms with Crippen molar-refractivity contribution in [1.82, 2.24) is 10.6 Å². The SMILES string of the molecule is CC(C)(CNC(=O)C1CC12CCNCC2)Sc1ccc(Br)cc1.Cl. The first kappa shape index (κ1) is 20.1. The Morgan fingerprint density at radius 1 is 1.33 bits per heavy atom. The maximum atomic E-state index is 12.5. The first-order valence-electron chi connectivity index (χ1n) is 8.33. The van der Waals surface area contributed by atoms with Crippen molar-refractivity contribution in [2.24, 2.45) is 11.3 Å². The van der Waals surface area contributed by atoms with Gasteiger partial charge in [-0.2, -0.15) is 0 Å². The fourth-order valence-corrected chi connectivity index (χ4v) is 4.80. The Labute approximate surface area is 163 Å². The topological polar surface area (TPSA) is 41.1 Å². The second kappa shape index (κ2) is 7.98. The van der Waals surface area contributed by atoms with Gasteiger partial charge in [0.2, 0.25) is 5.91 Å². The summed E-state index contributed by atoms with van der Waals surface area (Å²) in [7, 11) is 0. The molecule has 1 amide bonds. The maximum Gasteiger partial charge on any atom is 0.223 e. The van der Waals surface area contributed by atoms with Gasteiger partial charge in [-0.3, -0.25) is 4.79 Å². The number of nitrogens with one attached hydrogen (secondary N) is 2. The highest BCUT2D eigenvalue weighted by Gasteiger charge is 2.57. The van der Waals surface area contributed by atoms with Crippen molar-refractivity contribution in [3.63, 3.8) is 0 Å². The van der Waals surface area contributed by atoms with Crippen molar-refractivity contribution in [2.75, 3.05) is 19.6 Å². The van der Waals surface area contributed by atoms with Crippen LogP contribution in [0.2, 0.25) is 0 Å². The van der Waals surface area contributed by atoms with E-state index in [0.29, 0.717) is 12.0 Å². The Morgan fingerprint density at radius 2 is 1.96 bits per heavy atom. The van der Waals surface area contributed by atoms with Gasteiger partial charge in [0.25, 0.3) is 0 Å². The second-order valence-electron chi connectivity index (χ2n) is 7.40. The van der Waals surface area contributed by atoms with E-state index in [0.717, 1.165) is 36.8 Å². The molecule has 2 N–H and O–H groups in total. The molecule has 1 saturated carbocycles. The summed E-state index contributed by atoms with van der Waals surface area (Å²) in [5.74, 6) is 0.509. The van der Waals surface area contributed by atoms with Gasteiger partial charge in [0.15, 0.2) is 0 Å². The van der Waals surface area contributed by atoms with Gasteiger partial charge in [-0.05, 0) is 75.9 Å². The van der Waals surface area contributed by atoms with Crippen LogP contribution in [0, 0.1) is 11.3 Å².